The monoisotopic (exact) mass is 528 g/mol. The SMILES string of the molecule is CCCCCCOc1ccccc1-c1ccc(N=Nc2cc(S(=O)(=O)O)c3ccccc3c2N)cn1.[H-].[Na+]. The summed E-state index contributed by atoms with van der Waals surface area (Å²) in [7, 11) is -4.49. The zero-order valence-electron chi connectivity index (χ0n) is 22.0. The van der Waals surface area contributed by atoms with Crippen molar-refractivity contribution in [2.45, 2.75) is 37.5 Å². The second-order valence-electron chi connectivity index (χ2n) is 8.34. The van der Waals surface area contributed by atoms with E-state index in [4.69, 9.17) is 10.5 Å². The Morgan fingerprint density at radius 3 is 2.41 bits per heavy atom. The van der Waals surface area contributed by atoms with Gasteiger partial charge in [0.15, 0.2) is 0 Å². The number of unbranched alkanes of at least 4 members (excludes halogenated alkanes) is 3. The van der Waals surface area contributed by atoms with Gasteiger partial charge in [-0.15, -0.1) is 10.2 Å². The Morgan fingerprint density at radius 2 is 1.70 bits per heavy atom. The summed E-state index contributed by atoms with van der Waals surface area (Å²) in [6, 6.07) is 19.2. The molecule has 8 nitrogen and oxygen atoms in total. The number of fused-ring (bicyclic) bond motifs is 1. The maximum atomic E-state index is 11.9. The number of hydrogen-bond donors (Lipinski definition) is 2. The Hall–Kier alpha value is -2.82. The summed E-state index contributed by atoms with van der Waals surface area (Å²) in [6.45, 7) is 2.83. The minimum Gasteiger partial charge on any atom is -1.00 e. The Labute approximate surface area is 240 Å². The van der Waals surface area contributed by atoms with Crippen LogP contribution in [0.5, 0.6) is 5.75 Å². The van der Waals surface area contributed by atoms with Gasteiger partial charge >= 0.3 is 29.6 Å². The summed E-state index contributed by atoms with van der Waals surface area (Å²) in [5.74, 6) is 0.776. The first kappa shape index (κ1) is 28.7. The fourth-order valence-corrected chi connectivity index (χ4v) is 4.59. The van der Waals surface area contributed by atoms with E-state index in [0.29, 0.717) is 23.1 Å². The molecule has 0 saturated carbocycles. The fraction of sp³-hybridized carbons (Fsp3) is 0.222. The number of nitrogens with two attached hydrogens (primary N) is 1. The standard InChI is InChI=1S/C27H28N4O4S.Na.H/c1-2-3-4-9-16-35-25-13-8-7-12-22(25)23-15-14-19(18-29-23)30-31-24-17-26(36(32,33)34)20-10-5-6-11-21(20)27(24)28;;/h5-8,10-15,17-18H,2-4,9,16,28H2,1H3,(H,32,33,34);;/q;+1;-1. The molecule has 0 unspecified atom stereocenters. The summed E-state index contributed by atoms with van der Waals surface area (Å²) in [5, 5.41) is 9.10. The van der Waals surface area contributed by atoms with E-state index in [1.807, 2.05) is 30.3 Å². The summed E-state index contributed by atoms with van der Waals surface area (Å²) in [4.78, 5) is 4.23. The van der Waals surface area contributed by atoms with Gasteiger partial charge in [0, 0.05) is 16.3 Å². The van der Waals surface area contributed by atoms with Gasteiger partial charge < -0.3 is 11.9 Å². The van der Waals surface area contributed by atoms with Crippen LogP contribution < -0.4 is 40.0 Å². The first-order valence-electron chi connectivity index (χ1n) is 11.8. The number of benzene rings is 3. The summed E-state index contributed by atoms with van der Waals surface area (Å²) < 4.78 is 39.5. The van der Waals surface area contributed by atoms with Crippen molar-refractivity contribution in [2.75, 3.05) is 12.3 Å². The molecule has 4 rings (SSSR count). The molecule has 10 heteroatoms. The molecule has 0 aliphatic carbocycles. The molecule has 3 aromatic carbocycles. The summed E-state index contributed by atoms with van der Waals surface area (Å²) in [5.41, 5.74) is 8.68. The number of para-hydroxylation sites is 1. The molecule has 0 bridgehead atoms. The third-order valence-electron chi connectivity index (χ3n) is 5.74. The molecular formula is C27H29N4NaO4S. The van der Waals surface area contributed by atoms with Crippen LogP contribution in [0.3, 0.4) is 0 Å². The first-order valence-corrected chi connectivity index (χ1v) is 13.2. The van der Waals surface area contributed by atoms with Crippen LogP contribution in [0.1, 0.15) is 34.0 Å². The molecule has 0 aliphatic heterocycles. The normalized spacial score (nSPS) is 11.5. The molecule has 4 aromatic rings. The Balaban J connectivity index is 0.00000253. The minimum absolute atomic E-state index is 0. The van der Waals surface area contributed by atoms with Crippen LogP contribution in [0.25, 0.3) is 22.0 Å². The first-order chi connectivity index (χ1) is 17.4. The molecule has 188 valence electrons. The number of nitrogen functional groups attached to an aromatic ring is 1. The predicted molar refractivity (Wildman–Crippen MR) is 143 cm³/mol. The number of nitrogens with zero attached hydrogens (tertiary/aromatic N) is 3. The van der Waals surface area contributed by atoms with E-state index in [-0.39, 0.29) is 47.3 Å². The van der Waals surface area contributed by atoms with Crippen molar-refractivity contribution in [3.8, 4) is 17.0 Å². The number of anilines is 1. The molecule has 37 heavy (non-hydrogen) atoms. The number of rotatable bonds is 10. The molecular weight excluding hydrogens is 499 g/mol. The summed E-state index contributed by atoms with van der Waals surface area (Å²) >= 11 is 0. The van der Waals surface area contributed by atoms with Gasteiger partial charge in [0.1, 0.15) is 22.0 Å². The molecule has 0 atom stereocenters. The van der Waals surface area contributed by atoms with E-state index in [9.17, 15) is 13.0 Å². The number of aromatic nitrogens is 1. The van der Waals surface area contributed by atoms with E-state index < -0.39 is 10.1 Å². The molecule has 0 saturated heterocycles. The smallest absolute Gasteiger partial charge is 1.00 e. The van der Waals surface area contributed by atoms with Crippen LogP contribution in [-0.2, 0) is 10.1 Å². The third-order valence-corrected chi connectivity index (χ3v) is 6.64. The quantitative estimate of drug-likeness (QED) is 0.104. The molecule has 1 aromatic heterocycles. The largest absolute Gasteiger partial charge is 1.00 e. The van der Waals surface area contributed by atoms with Gasteiger partial charge in [0.05, 0.1) is 24.2 Å². The number of azo groups is 1. The number of hydrogen-bond acceptors (Lipinski definition) is 7. The van der Waals surface area contributed by atoms with Crippen LogP contribution >= 0.6 is 0 Å². The van der Waals surface area contributed by atoms with Gasteiger partial charge in [0.2, 0.25) is 0 Å². The van der Waals surface area contributed by atoms with Crippen molar-refractivity contribution in [1.29, 1.82) is 0 Å². The van der Waals surface area contributed by atoms with E-state index in [2.05, 4.69) is 22.1 Å². The van der Waals surface area contributed by atoms with Gasteiger partial charge in [-0.25, -0.2) is 0 Å². The van der Waals surface area contributed by atoms with Crippen molar-refractivity contribution < 1.29 is 48.7 Å². The molecule has 0 radical (unpaired) electrons. The molecule has 1 heterocycles. The van der Waals surface area contributed by atoms with Gasteiger partial charge in [-0.3, -0.25) is 9.54 Å². The second-order valence-corrected chi connectivity index (χ2v) is 9.73. The van der Waals surface area contributed by atoms with Crippen LogP contribution in [0, 0.1) is 0 Å². The van der Waals surface area contributed by atoms with Crippen LogP contribution in [0.15, 0.2) is 88.1 Å². The molecule has 0 aliphatic rings. The molecule has 0 fully saturated rings. The van der Waals surface area contributed by atoms with Crippen molar-refractivity contribution in [3.63, 3.8) is 0 Å². The zero-order valence-corrected chi connectivity index (χ0v) is 23.8. The Bertz CT molecular complexity index is 1500. The minimum atomic E-state index is -4.49. The summed E-state index contributed by atoms with van der Waals surface area (Å²) in [6.07, 6.45) is 6.10. The van der Waals surface area contributed by atoms with Crippen molar-refractivity contribution in [3.05, 3.63) is 72.9 Å². The van der Waals surface area contributed by atoms with Gasteiger partial charge in [0.25, 0.3) is 10.1 Å². The van der Waals surface area contributed by atoms with Gasteiger partial charge in [-0.2, -0.15) is 8.42 Å². The molecule has 0 amide bonds. The van der Waals surface area contributed by atoms with Gasteiger partial charge in [-0.05, 0) is 36.8 Å². The average molecular weight is 529 g/mol. The van der Waals surface area contributed by atoms with Crippen molar-refractivity contribution in [1.82, 2.24) is 4.98 Å². The molecule has 0 spiro atoms. The zero-order chi connectivity index (χ0) is 25.5. The molecule has 3 N–H and O–H groups in total. The third kappa shape index (κ3) is 7.15. The van der Waals surface area contributed by atoms with Gasteiger partial charge in [-0.1, -0.05) is 62.6 Å². The van der Waals surface area contributed by atoms with Crippen LogP contribution in [-0.4, -0.2) is 24.6 Å². The van der Waals surface area contributed by atoms with Crippen molar-refractivity contribution in [2.24, 2.45) is 10.2 Å². The van der Waals surface area contributed by atoms with Crippen molar-refractivity contribution >= 4 is 38.0 Å². The van der Waals surface area contributed by atoms with E-state index >= 15 is 0 Å². The van der Waals surface area contributed by atoms with E-state index in [0.717, 1.165) is 29.8 Å². The topological polar surface area (TPSA) is 127 Å². The Kier molecular flexibility index (Phi) is 10.2. The average Bonchev–Trinajstić information content (AvgIpc) is 2.88. The van der Waals surface area contributed by atoms with E-state index in [1.165, 1.54) is 18.9 Å². The predicted octanol–water partition coefficient (Wildman–Crippen LogP) is 4.22. The maximum Gasteiger partial charge on any atom is 1.00 e. The fourth-order valence-electron chi connectivity index (χ4n) is 3.88. The number of pyridine rings is 1. The maximum absolute atomic E-state index is 11.9. The number of ether oxygens (including phenoxy) is 1. The second kappa shape index (κ2) is 13.1. The van der Waals surface area contributed by atoms with Crippen LogP contribution in [0.4, 0.5) is 17.1 Å². The van der Waals surface area contributed by atoms with Crippen LogP contribution in [0.2, 0.25) is 0 Å². The Morgan fingerprint density at radius 1 is 0.973 bits per heavy atom. The van der Waals surface area contributed by atoms with E-state index in [1.54, 1.807) is 36.5 Å².